The Morgan fingerprint density at radius 1 is 1.43 bits per heavy atom. The lowest BCUT2D eigenvalue weighted by Gasteiger charge is -2.05. The molecule has 0 aliphatic carbocycles. The van der Waals surface area contributed by atoms with Gasteiger partial charge < -0.3 is 4.57 Å². The molecule has 0 saturated heterocycles. The van der Waals surface area contributed by atoms with Gasteiger partial charge in [0.2, 0.25) is 0 Å². The third-order valence-electron chi connectivity index (χ3n) is 2.01. The van der Waals surface area contributed by atoms with Gasteiger partial charge in [0.15, 0.2) is 0 Å². The fourth-order valence-corrected chi connectivity index (χ4v) is 1.53. The summed E-state index contributed by atoms with van der Waals surface area (Å²) >= 11 is 3.11. The topological polar surface area (TPSA) is 17.8 Å². The second-order valence-electron chi connectivity index (χ2n) is 2.94. The maximum atomic E-state index is 13.2. The Kier molecular flexibility index (Phi) is 2.37. The molecule has 72 valence electrons. The van der Waals surface area contributed by atoms with Crippen molar-refractivity contribution in [2.75, 3.05) is 0 Å². The molecule has 0 aliphatic heterocycles. The van der Waals surface area contributed by atoms with E-state index in [0.29, 0.717) is 4.47 Å². The van der Waals surface area contributed by atoms with Crippen LogP contribution in [0.3, 0.4) is 0 Å². The molecule has 1 aromatic carbocycles. The maximum Gasteiger partial charge on any atom is 0.139 e. The van der Waals surface area contributed by atoms with Crippen LogP contribution in [-0.4, -0.2) is 9.55 Å². The quantitative estimate of drug-likeness (QED) is 0.765. The number of halogens is 2. The summed E-state index contributed by atoms with van der Waals surface area (Å²) in [4.78, 5) is 4.07. The van der Waals surface area contributed by atoms with E-state index in [1.54, 1.807) is 18.5 Å². The highest BCUT2D eigenvalue weighted by atomic mass is 79.9. The molecule has 0 bridgehead atoms. The molecular formula is C10H8BrFN2. The standard InChI is InChI=1S/C10H8BrFN2/c1-7-13-4-5-14(7)8-2-3-9(11)10(12)6-8/h2-6H,1H3. The molecule has 0 radical (unpaired) electrons. The van der Waals surface area contributed by atoms with Crippen LogP contribution in [-0.2, 0) is 0 Å². The molecule has 1 aromatic heterocycles. The van der Waals surface area contributed by atoms with E-state index in [2.05, 4.69) is 20.9 Å². The molecule has 2 rings (SSSR count). The van der Waals surface area contributed by atoms with Crippen molar-refractivity contribution in [1.29, 1.82) is 0 Å². The molecule has 0 aliphatic rings. The van der Waals surface area contributed by atoms with Crippen LogP contribution in [0.2, 0.25) is 0 Å². The van der Waals surface area contributed by atoms with Gasteiger partial charge in [0.05, 0.1) is 4.47 Å². The molecule has 0 unspecified atom stereocenters. The molecule has 1 heterocycles. The lowest BCUT2D eigenvalue weighted by molar-refractivity contribution is 0.619. The van der Waals surface area contributed by atoms with Crippen molar-refractivity contribution in [1.82, 2.24) is 9.55 Å². The minimum absolute atomic E-state index is 0.268. The van der Waals surface area contributed by atoms with Crippen LogP contribution in [0.15, 0.2) is 35.1 Å². The van der Waals surface area contributed by atoms with Crippen molar-refractivity contribution in [3.05, 3.63) is 46.7 Å². The van der Waals surface area contributed by atoms with E-state index in [4.69, 9.17) is 0 Å². The summed E-state index contributed by atoms with van der Waals surface area (Å²) in [7, 11) is 0. The molecule has 0 spiro atoms. The van der Waals surface area contributed by atoms with Crippen molar-refractivity contribution < 1.29 is 4.39 Å². The third kappa shape index (κ3) is 1.57. The molecule has 0 N–H and O–H groups in total. The molecule has 4 heteroatoms. The second-order valence-corrected chi connectivity index (χ2v) is 3.80. The summed E-state index contributed by atoms with van der Waals surface area (Å²) in [6.07, 6.45) is 3.49. The first-order chi connectivity index (χ1) is 6.68. The van der Waals surface area contributed by atoms with Gasteiger partial charge in [-0.3, -0.25) is 0 Å². The van der Waals surface area contributed by atoms with Crippen molar-refractivity contribution in [2.45, 2.75) is 6.92 Å². The average Bonchev–Trinajstić information content (AvgIpc) is 2.57. The van der Waals surface area contributed by atoms with Gasteiger partial charge >= 0.3 is 0 Å². The lowest BCUT2D eigenvalue weighted by Crippen LogP contribution is -1.96. The maximum absolute atomic E-state index is 13.2. The fraction of sp³-hybridized carbons (Fsp3) is 0.100. The number of hydrogen-bond acceptors (Lipinski definition) is 1. The highest BCUT2D eigenvalue weighted by Crippen LogP contribution is 2.19. The zero-order valence-electron chi connectivity index (χ0n) is 7.54. The smallest absolute Gasteiger partial charge is 0.139 e. The van der Waals surface area contributed by atoms with E-state index < -0.39 is 0 Å². The van der Waals surface area contributed by atoms with Gasteiger partial charge in [-0.2, -0.15) is 0 Å². The van der Waals surface area contributed by atoms with E-state index in [1.165, 1.54) is 6.07 Å². The monoisotopic (exact) mass is 254 g/mol. The molecule has 14 heavy (non-hydrogen) atoms. The summed E-state index contributed by atoms with van der Waals surface area (Å²) in [6, 6.07) is 4.99. The van der Waals surface area contributed by atoms with Crippen LogP contribution in [0.4, 0.5) is 4.39 Å². The first-order valence-corrected chi connectivity index (χ1v) is 4.93. The average molecular weight is 255 g/mol. The van der Waals surface area contributed by atoms with E-state index in [1.807, 2.05) is 17.6 Å². The number of nitrogens with zero attached hydrogens (tertiary/aromatic N) is 2. The summed E-state index contributed by atoms with van der Waals surface area (Å²) in [5, 5.41) is 0. The number of aromatic nitrogens is 2. The minimum Gasteiger partial charge on any atom is -0.304 e. The van der Waals surface area contributed by atoms with E-state index >= 15 is 0 Å². The number of aryl methyl sites for hydroxylation is 1. The molecule has 0 amide bonds. The second kappa shape index (κ2) is 3.53. The Bertz CT molecular complexity index is 465. The Balaban J connectivity index is 2.53. The van der Waals surface area contributed by atoms with Gasteiger partial charge in [0.25, 0.3) is 0 Å². The zero-order valence-corrected chi connectivity index (χ0v) is 9.12. The van der Waals surface area contributed by atoms with E-state index in [9.17, 15) is 4.39 Å². The predicted octanol–water partition coefficient (Wildman–Crippen LogP) is 3.08. The number of hydrogen-bond donors (Lipinski definition) is 0. The van der Waals surface area contributed by atoms with Crippen LogP contribution in [0.5, 0.6) is 0 Å². The van der Waals surface area contributed by atoms with E-state index in [0.717, 1.165) is 11.5 Å². The Labute approximate surface area is 89.5 Å². The molecule has 0 atom stereocenters. The Morgan fingerprint density at radius 2 is 2.21 bits per heavy atom. The first kappa shape index (κ1) is 9.40. The number of benzene rings is 1. The van der Waals surface area contributed by atoms with Crippen LogP contribution < -0.4 is 0 Å². The van der Waals surface area contributed by atoms with Gasteiger partial charge in [-0.05, 0) is 41.1 Å². The van der Waals surface area contributed by atoms with Gasteiger partial charge in [0, 0.05) is 18.1 Å². The summed E-state index contributed by atoms with van der Waals surface area (Å²) in [6.45, 7) is 1.87. The highest BCUT2D eigenvalue weighted by molar-refractivity contribution is 9.10. The van der Waals surface area contributed by atoms with Gasteiger partial charge in [-0.15, -0.1) is 0 Å². The molecule has 0 saturated carbocycles. The normalized spacial score (nSPS) is 10.5. The van der Waals surface area contributed by atoms with Gasteiger partial charge in [-0.25, -0.2) is 9.37 Å². The van der Waals surface area contributed by atoms with Crippen LogP contribution in [0.1, 0.15) is 5.82 Å². The van der Waals surface area contributed by atoms with Crippen molar-refractivity contribution in [3.8, 4) is 5.69 Å². The Morgan fingerprint density at radius 3 is 2.79 bits per heavy atom. The number of rotatable bonds is 1. The SMILES string of the molecule is Cc1nccn1-c1ccc(Br)c(F)c1. The molecule has 2 nitrogen and oxygen atoms in total. The first-order valence-electron chi connectivity index (χ1n) is 4.14. The molecule has 2 aromatic rings. The van der Waals surface area contributed by atoms with Gasteiger partial charge in [0.1, 0.15) is 11.6 Å². The predicted molar refractivity (Wildman–Crippen MR) is 56.0 cm³/mol. The zero-order chi connectivity index (χ0) is 10.1. The number of imidazole rings is 1. The summed E-state index contributed by atoms with van der Waals surface area (Å²) in [5.74, 6) is 0.572. The summed E-state index contributed by atoms with van der Waals surface area (Å²) in [5.41, 5.74) is 0.778. The molecular weight excluding hydrogens is 247 g/mol. The van der Waals surface area contributed by atoms with Crippen LogP contribution in [0.25, 0.3) is 5.69 Å². The highest BCUT2D eigenvalue weighted by Gasteiger charge is 2.03. The van der Waals surface area contributed by atoms with Crippen LogP contribution >= 0.6 is 15.9 Å². The largest absolute Gasteiger partial charge is 0.304 e. The lowest BCUT2D eigenvalue weighted by atomic mass is 10.3. The minimum atomic E-state index is -0.268. The molecule has 0 fully saturated rings. The third-order valence-corrected chi connectivity index (χ3v) is 2.65. The van der Waals surface area contributed by atoms with Crippen molar-refractivity contribution in [3.63, 3.8) is 0 Å². The van der Waals surface area contributed by atoms with Crippen LogP contribution in [0, 0.1) is 12.7 Å². The van der Waals surface area contributed by atoms with Crippen molar-refractivity contribution >= 4 is 15.9 Å². The van der Waals surface area contributed by atoms with E-state index in [-0.39, 0.29) is 5.82 Å². The van der Waals surface area contributed by atoms with Crippen molar-refractivity contribution in [2.24, 2.45) is 0 Å². The fourth-order valence-electron chi connectivity index (χ4n) is 1.29. The summed E-state index contributed by atoms with van der Waals surface area (Å²) < 4.78 is 15.5. The van der Waals surface area contributed by atoms with Gasteiger partial charge in [-0.1, -0.05) is 0 Å². The Hall–Kier alpha value is -1.16.